The number of anilines is 1. The van der Waals surface area contributed by atoms with Crippen molar-refractivity contribution in [1.29, 1.82) is 0 Å². The summed E-state index contributed by atoms with van der Waals surface area (Å²) in [4.78, 5) is 11.8. The molecule has 0 bridgehead atoms. The van der Waals surface area contributed by atoms with Crippen molar-refractivity contribution in [3.63, 3.8) is 0 Å². The average molecular weight is 276 g/mol. The molecular formula is C14H10F2N2O2. The second kappa shape index (κ2) is 4.48. The summed E-state index contributed by atoms with van der Waals surface area (Å²) >= 11 is 0. The van der Waals surface area contributed by atoms with Crippen molar-refractivity contribution in [2.45, 2.75) is 6.54 Å². The minimum atomic E-state index is -0.707. The van der Waals surface area contributed by atoms with Crippen LogP contribution < -0.4 is 11.5 Å². The van der Waals surface area contributed by atoms with E-state index in [2.05, 4.69) is 0 Å². The maximum atomic E-state index is 13.6. The third-order valence-corrected chi connectivity index (χ3v) is 3.04. The van der Waals surface area contributed by atoms with Crippen molar-refractivity contribution in [2.24, 2.45) is 0 Å². The Kier molecular flexibility index (Phi) is 2.78. The number of hydrogen-bond acceptors (Lipinski definition) is 3. The number of oxazole rings is 1. The molecule has 20 heavy (non-hydrogen) atoms. The summed E-state index contributed by atoms with van der Waals surface area (Å²) in [5, 5.41) is 0. The Hall–Kier alpha value is -2.63. The van der Waals surface area contributed by atoms with Crippen molar-refractivity contribution >= 4 is 16.8 Å². The molecular weight excluding hydrogens is 266 g/mol. The smallest absolute Gasteiger partial charge is 0.408 e. The molecule has 4 nitrogen and oxygen atoms in total. The number of nitrogens with two attached hydrogens (primary N) is 1. The van der Waals surface area contributed by atoms with Gasteiger partial charge in [0.2, 0.25) is 0 Å². The molecule has 0 aliphatic carbocycles. The Morgan fingerprint density at radius 3 is 2.70 bits per heavy atom. The van der Waals surface area contributed by atoms with Crippen LogP contribution in [0.5, 0.6) is 0 Å². The van der Waals surface area contributed by atoms with E-state index >= 15 is 0 Å². The summed E-state index contributed by atoms with van der Waals surface area (Å²) in [6.07, 6.45) is 0. The van der Waals surface area contributed by atoms with E-state index in [9.17, 15) is 13.6 Å². The highest BCUT2D eigenvalue weighted by atomic mass is 19.1. The topological polar surface area (TPSA) is 61.2 Å². The van der Waals surface area contributed by atoms with Crippen LogP contribution in [0.3, 0.4) is 0 Å². The second-order valence-electron chi connectivity index (χ2n) is 4.42. The first-order valence-corrected chi connectivity index (χ1v) is 5.87. The lowest BCUT2D eigenvalue weighted by Gasteiger charge is -2.04. The van der Waals surface area contributed by atoms with E-state index in [1.165, 1.54) is 16.7 Å². The van der Waals surface area contributed by atoms with Crippen LogP contribution in [0.4, 0.5) is 14.5 Å². The SMILES string of the molecule is Nc1ccc2c(c1)oc(=O)n2Cc1ccc(F)cc1F. The summed E-state index contributed by atoms with van der Waals surface area (Å²) < 4.78 is 32.8. The van der Waals surface area contributed by atoms with Gasteiger partial charge in [-0.2, -0.15) is 0 Å². The predicted octanol–water partition coefficient (Wildman–Crippen LogP) is 2.50. The summed E-state index contributed by atoms with van der Waals surface area (Å²) in [5.41, 5.74) is 7.11. The predicted molar refractivity (Wildman–Crippen MR) is 70.3 cm³/mol. The Balaban J connectivity index is 2.11. The number of nitrogens with zero attached hydrogens (tertiary/aromatic N) is 1. The molecule has 0 radical (unpaired) electrons. The molecule has 0 atom stereocenters. The number of benzene rings is 2. The number of halogens is 2. The molecule has 1 heterocycles. The Bertz CT molecular complexity index is 852. The van der Waals surface area contributed by atoms with Crippen molar-refractivity contribution in [3.8, 4) is 0 Å². The van der Waals surface area contributed by atoms with Gasteiger partial charge in [-0.15, -0.1) is 0 Å². The first-order chi connectivity index (χ1) is 9.54. The van der Waals surface area contributed by atoms with E-state index in [4.69, 9.17) is 10.2 Å². The Labute approximate surface area is 112 Å². The first kappa shape index (κ1) is 12.4. The monoisotopic (exact) mass is 276 g/mol. The standard InChI is InChI=1S/C14H10F2N2O2/c15-9-2-1-8(11(16)5-9)7-18-12-4-3-10(17)6-13(12)20-14(18)19/h1-6H,7,17H2. The van der Waals surface area contributed by atoms with Gasteiger partial charge in [0.1, 0.15) is 11.6 Å². The lowest BCUT2D eigenvalue weighted by atomic mass is 10.2. The van der Waals surface area contributed by atoms with Crippen LogP contribution in [0, 0.1) is 11.6 Å². The van der Waals surface area contributed by atoms with Crippen molar-refractivity contribution in [3.05, 3.63) is 64.1 Å². The fourth-order valence-electron chi connectivity index (χ4n) is 2.05. The second-order valence-corrected chi connectivity index (χ2v) is 4.42. The molecule has 0 aliphatic rings. The van der Waals surface area contributed by atoms with Crippen LogP contribution in [0.25, 0.3) is 11.1 Å². The molecule has 2 aromatic carbocycles. The first-order valence-electron chi connectivity index (χ1n) is 5.87. The summed E-state index contributed by atoms with van der Waals surface area (Å²) in [5.74, 6) is -1.99. The largest absolute Gasteiger partial charge is 0.420 e. The molecule has 0 saturated carbocycles. The highest BCUT2D eigenvalue weighted by Gasteiger charge is 2.12. The van der Waals surface area contributed by atoms with Crippen LogP contribution >= 0.6 is 0 Å². The van der Waals surface area contributed by atoms with Gasteiger partial charge in [-0.1, -0.05) is 6.07 Å². The summed E-state index contributed by atoms with van der Waals surface area (Å²) in [7, 11) is 0. The zero-order valence-electron chi connectivity index (χ0n) is 10.3. The average Bonchev–Trinajstić information content (AvgIpc) is 2.68. The molecule has 0 unspecified atom stereocenters. The third kappa shape index (κ3) is 2.05. The van der Waals surface area contributed by atoms with Crippen molar-refractivity contribution < 1.29 is 13.2 Å². The highest BCUT2D eigenvalue weighted by Crippen LogP contribution is 2.18. The van der Waals surface area contributed by atoms with Gasteiger partial charge < -0.3 is 10.2 Å². The molecule has 0 spiro atoms. The molecule has 6 heteroatoms. The van der Waals surface area contributed by atoms with Gasteiger partial charge in [0.25, 0.3) is 0 Å². The van der Waals surface area contributed by atoms with E-state index in [1.807, 2.05) is 0 Å². The maximum absolute atomic E-state index is 13.6. The lowest BCUT2D eigenvalue weighted by molar-refractivity contribution is 0.510. The fourth-order valence-corrected chi connectivity index (χ4v) is 2.05. The number of aromatic nitrogens is 1. The Morgan fingerprint density at radius 1 is 1.15 bits per heavy atom. The van der Waals surface area contributed by atoms with Crippen LogP contribution in [0.1, 0.15) is 5.56 Å². The van der Waals surface area contributed by atoms with Crippen LogP contribution in [0.2, 0.25) is 0 Å². The van der Waals surface area contributed by atoms with Gasteiger partial charge in [0.15, 0.2) is 5.58 Å². The zero-order valence-corrected chi connectivity index (χ0v) is 10.3. The number of hydrogen-bond donors (Lipinski definition) is 1. The highest BCUT2D eigenvalue weighted by molar-refractivity contribution is 5.76. The minimum Gasteiger partial charge on any atom is -0.408 e. The number of fused-ring (bicyclic) bond motifs is 1. The Morgan fingerprint density at radius 2 is 1.95 bits per heavy atom. The van der Waals surface area contributed by atoms with Gasteiger partial charge >= 0.3 is 5.76 Å². The van der Waals surface area contributed by atoms with Crippen LogP contribution in [0.15, 0.2) is 45.6 Å². The molecule has 0 amide bonds. The fraction of sp³-hybridized carbons (Fsp3) is 0.0714. The molecule has 2 N–H and O–H groups in total. The molecule has 102 valence electrons. The van der Waals surface area contributed by atoms with Crippen LogP contribution in [-0.2, 0) is 6.54 Å². The molecule has 3 aromatic rings. The quantitative estimate of drug-likeness (QED) is 0.731. The normalized spacial score (nSPS) is 11.1. The zero-order chi connectivity index (χ0) is 14.3. The molecule has 0 fully saturated rings. The molecule has 0 aliphatic heterocycles. The number of rotatable bonds is 2. The number of nitrogen functional groups attached to an aromatic ring is 1. The van der Waals surface area contributed by atoms with E-state index in [0.29, 0.717) is 16.8 Å². The van der Waals surface area contributed by atoms with Gasteiger partial charge in [0, 0.05) is 23.4 Å². The van der Waals surface area contributed by atoms with Crippen LogP contribution in [-0.4, -0.2) is 4.57 Å². The lowest BCUT2D eigenvalue weighted by Crippen LogP contribution is -2.15. The van der Waals surface area contributed by atoms with E-state index in [-0.39, 0.29) is 12.1 Å². The third-order valence-electron chi connectivity index (χ3n) is 3.04. The van der Waals surface area contributed by atoms with Crippen molar-refractivity contribution in [2.75, 3.05) is 5.73 Å². The van der Waals surface area contributed by atoms with Crippen molar-refractivity contribution in [1.82, 2.24) is 4.57 Å². The van der Waals surface area contributed by atoms with Gasteiger partial charge in [-0.05, 0) is 18.2 Å². The molecule has 0 saturated heterocycles. The summed E-state index contributed by atoms with van der Waals surface area (Å²) in [6.45, 7) is -0.0398. The van der Waals surface area contributed by atoms with Gasteiger partial charge in [-0.25, -0.2) is 13.6 Å². The van der Waals surface area contributed by atoms with E-state index < -0.39 is 17.4 Å². The summed E-state index contributed by atoms with van der Waals surface area (Å²) in [6, 6.07) is 7.98. The van der Waals surface area contributed by atoms with E-state index in [0.717, 1.165) is 12.1 Å². The van der Waals surface area contributed by atoms with Gasteiger partial charge in [-0.3, -0.25) is 4.57 Å². The molecule has 3 rings (SSSR count). The van der Waals surface area contributed by atoms with Gasteiger partial charge in [0.05, 0.1) is 12.1 Å². The maximum Gasteiger partial charge on any atom is 0.420 e. The molecule has 1 aromatic heterocycles. The van der Waals surface area contributed by atoms with E-state index in [1.54, 1.807) is 12.1 Å². The minimum absolute atomic E-state index is 0.0398.